The van der Waals surface area contributed by atoms with Gasteiger partial charge in [-0.1, -0.05) is 0 Å². The average molecular weight is 218 g/mol. The van der Waals surface area contributed by atoms with Gasteiger partial charge < -0.3 is 24.4 Å². The zero-order valence-corrected chi connectivity index (χ0v) is 8.33. The molecular weight excluding hydrogens is 204 g/mol. The van der Waals surface area contributed by atoms with Crippen LogP contribution in [-0.4, -0.2) is 60.9 Å². The summed E-state index contributed by atoms with van der Waals surface area (Å²) in [5, 5.41) is 18.4. The van der Waals surface area contributed by atoms with Crippen LogP contribution in [0.4, 0.5) is 0 Å². The van der Waals surface area contributed by atoms with Gasteiger partial charge in [-0.2, -0.15) is 0 Å². The molecule has 1 heterocycles. The van der Waals surface area contributed by atoms with Crippen LogP contribution in [0.5, 0.6) is 0 Å². The fourth-order valence-electron chi connectivity index (χ4n) is 1.33. The van der Waals surface area contributed by atoms with Gasteiger partial charge in [-0.05, 0) is 6.92 Å². The van der Waals surface area contributed by atoms with Crippen LogP contribution in [-0.2, 0) is 19.0 Å². The van der Waals surface area contributed by atoms with E-state index in [9.17, 15) is 9.90 Å². The molecule has 1 aliphatic rings. The van der Waals surface area contributed by atoms with Crippen molar-refractivity contribution in [2.75, 3.05) is 20.3 Å². The van der Waals surface area contributed by atoms with Crippen molar-refractivity contribution in [1.29, 1.82) is 0 Å². The molecule has 2 N–H and O–H groups in total. The van der Waals surface area contributed by atoms with E-state index >= 15 is 0 Å². The van der Waals surface area contributed by atoms with Crippen molar-refractivity contribution in [3.8, 4) is 0 Å². The maximum atomic E-state index is 10.8. The Morgan fingerprint density at radius 3 is 2.73 bits per heavy atom. The minimum absolute atomic E-state index is 0.312. The fraction of sp³-hybridized carbons (Fsp3) is 0.778. The highest BCUT2D eigenvalue weighted by Gasteiger charge is 2.42. The first-order valence-corrected chi connectivity index (χ1v) is 4.48. The molecule has 0 saturated carbocycles. The third kappa shape index (κ3) is 2.88. The van der Waals surface area contributed by atoms with Gasteiger partial charge in [0.2, 0.25) is 0 Å². The number of aliphatic hydroxyl groups excluding tert-OH is 2. The van der Waals surface area contributed by atoms with E-state index in [0.717, 1.165) is 0 Å². The van der Waals surface area contributed by atoms with Crippen molar-refractivity contribution < 1.29 is 29.2 Å². The number of carbonyl (C=O) groups is 1. The van der Waals surface area contributed by atoms with Crippen LogP contribution in [0.25, 0.3) is 0 Å². The van der Waals surface area contributed by atoms with Crippen LogP contribution in [0.2, 0.25) is 0 Å². The minimum Gasteiger partial charge on any atom is -0.467 e. The van der Waals surface area contributed by atoms with Crippen LogP contribution < -0.4 is 0 Å². The number of aliphatic hydroxyl groups is 2. The van der Waals surface area contributed by atoms with Gasteiger partial charge in [-0.3, -0.25) is 0 Å². The molecule has 15 heavy (non-hydrogen) atoms. The molecule has 0 bridgehead atoms. The normalized spacial score (nSPS) is 35.5. The SMILES string of the molecule is [CH][C@@H]1O[C@H](CO)[C@H](O)C1OCC(=O)OC. The van der Waals surface area contributed by atoms with Crippen LogP contribution >= 0.6 is 0 Å². The Labute approximate surface area is 87.7 Å². The second kappa shape index (κ2) is 5.41. The van der Waals surface area contributed by atoms with E-state index in [-0.39, 0.29) is 13.2 Å². The van der Waals surface area contributed by atoms with E-state index in [1.54, 1.807) is 0 Å². The highest BCUT2D eigenvalue weighted by atomic mass is 16.6. The lowest BCUT2D eigenvalue weighted by atomic mass is 10.1. The number of carbonyl (C=O) groups excluding carboxylic acids is 1. The number of hydrogen-bond acceptors (Lipinski definition) is 6. The van der Waals surface area contributed by atoms with Crippen molar-refractivity contribution in [3.05, 3.63) is 6.92 Å². The van der Waals surface area contributed by atoms with Gasteiger partial charge >= 0.3 is 5.97 Å². The highest BCUT2D eigenvalue weighted by molar-refractivity contribution is 5.70. The molecule has 1 unspecified atom stereocenters. The topological polar surface area (TPSA) is 85.2 Å². The van der Waals surface area contributed by atoms with Gasteiger partial charge in [-0.25, -0.2) is 4.79 Å². The van der Waals surface area contributed by atoms with Crippen LogP contribution in [0.3, 0.4) is 0 Å². The van der Waals surface area contributed by atoms with E-state index in [1.807, 2.05) is 0 Å². The summed E-state index contributed by atoms with van der Waals surface area (Å²) in [5.74, 6) is -0.568. The van der Waals surface area contributed by atoms with Crippen LogP contribution in [0, 0.1) is 6.92 Å². The van der Waals surface area contributed by atoms with Gasteiger partial charge in [0.25, 0.3) is 0 Å². The first-order valence-electron chi connectivity index (χ1n) is 4.48. The summed E-state index contributed by atoms with van der Waals surface area (Å²) < 4.78 is 14.4. The van der Waals surface area contributed by atoms with E-state index in [0.29, 0.717) is 0 Å². The zero-order valence-electron chi connectivity index (χ0n) is 8.33. The Balaban J connectivity index is 2.44. The van der Waals surface area contributed by atoms with E-state index in [4.69, 9.17) is 21.5 Å². The molecule has 1 saturated heterocycles. The molecule has 6 heteroatoms. The third-order valence-corrected chi connectivity index (χ3v) is 2.17. The Kier molecular flexibility index (Phi) is 4.46. The summed E-state index contributed by atoms with van der Waals surface area (Å²) in [7, 11) is 1.23. The molecule has 6 nitrogen and oxygen atoms in total. The quantitative estimate of drug-likeness (QED) is 0.551. The summed E-state index contributed by atoms with van der Waals surface area (Å²) >= 11 is 0. The predicted molar refractivity (Wildman–Crippen MR) is 47.8 cm³/mol. The predicted octanol–water partition coefficient (Wildman–Crippen LogP) is -1.62. The molecule has 0 aromatic heterocycles. The van der Waals surface area contributed by atoms with Crippen molar-refractivity contribution in [3.63, 3.8) is 0 Å². The minimum atomic E-state index is -1.05. The third-order valence-electron chi connectivity index (χ3n) is 2.17. The Morgan fingerprint density at radius 2 is 2.27 bits per heavy atom. The summed E-state index contributed by atoms with van der Waals surface area (Å²) in [6.07, 6.45) is -3.51. The molecule has 0 aromatic carbocycles. The maximum absolute atomic E-state index is 10.8. The number of methoxy groups -OCH3 is 1. The van der Waals surface area contributed by atoms with Gasteiger partial charge in [0.1, 0.15) is 24.9 Å². The maximum Gasteiger partial charge on any atom is 0.331 e. The van der Waals surface area contributed by atoms with Crippen molar-refractivity contribution in [1.82, 2.24) is 0 Å². The molecule has 0 aliphatic carbocycles. The second-order valence-electron chi connectivity index (χ2n) is 3.16. The smallest absolute Gasteiger partial charge is 0.331 e. The summed E-state index contributed by atoms with van der Waals surface area (Å²) in [6, 6.07) is 0. The second-order valence-corrected chi connectivity index (χ2v) is 3.16. The van der Waals surface area contributed by atoms with Gasteiger partial charge in [0.15, 0.2) is 0 Å². The van der Waals surface area contributed by atoms with Crippen LogP contribution in [0.1, 0.15) is 0 Å². The Bertz CT molecular complexity index is 219. The molecule has 0 spiro atoms. The first kappa shape index (κ1) is 12.4. The largest absolute Gasteiger partial charge is 0.467 e. The Morgan fingerprint density at radius 1 is 1.60 bits per heavy atom. The van der Waals surface area contributed by atoms with E-state index in [1.165, 1.54) is 7.11 Å². The molecule has 1 fully saturated rings. The molecular formula is C9H14O6. The van der Waals surface area contributed by atoms with Gasteiger partial charge in [0.05, 0.1) is 19.8 Å². The van der Waals surface area contributed by atoms with Crippen LogP contribution in [0.15, 0.2) is 0 Å². The monoisotopic (exact) mass is 218 g/mol. The van der Waals surface area contributed by atoms with Gasteiger partial charge in [0, 0.05) is 0 Å². The molecule has 0 aromatic rings. The van der Waals surface area contributed by atoms with Crippen molar-refractivity contribution >= 4 is 5.97 Å². The molecule has 2 radical (unpaired) electrons. The average Bonchev–Trinajstić information content (AvgIpc) is 2.51. The van der Waals surface area contributed by atoms with E-state index < -0.39 is 30.4 Å². The lowest BCUT2D eigenvalue weighted by Gasteiger charge is -2.17. The number of esters is 1. The van der Waals surface area contributed by atoms with E-state index in [2.05, 4.69) is 4.74 Å². The number of ether oxygens (including phenoxy) is 3. The van der Waals surface area contributed by atoms with Crippen molar-refractivity contribution in [2.45, 2.75) is 24.4 Å². The molecule has 4 atom stereocenters. The zero-order chi connectivity index (χ0) is 11.4. The number of hydrogen-bond donors (Lipinski definition) is 2. The summed E-state index contributed by atoms with van der Waals surface area (Å²) in [6.45, 7) is 4.83. The first-order chi connectivity index (χ1) is 7.10. The lowest BCUT2D eigenvalue weighted by Crippen LogP contribution is -2.37. The number of rotatable bonds is 4. The Hall–Kier alpha value is -0.690. The molecule has 1 rings (SSSR count). The van der Waals surface area contributed by atoms with Crippen molar-refractivity contribution in [2.24, 2.45) is 0 Å². The highest BCUT2D eigenvalue weighted by Crippen LogP contribution is 2.23. The summed E-state index contributed by atoms with van der Waals surface area (Å²) in [4.78, 5) is 10.8. The standard InChI is InChI=1S/C9H14O6/c1-5-9(14-4-7(11)13-2)8(12)6(3-10)15-5/h1,5-6,8-10,12H,3-4H2,2H3/t5-,6+,8-,9?/m0/s1. The lowest BCUT2D eigenvalue weighted by molar-refractivity contribution is -0.150. The summed E-state index contributed by atoms with van der Waals surface area (Å²) in [5.41, 5.74) is 0. The van der Waals surface area contributed by atoms with Gasteiger partial charge in [-0.15, -0.1) is 0 Å². The molecule has 86 valence electrons. The fourth-order valence-corrected chi connectivity index (χ4v) is 1.33. The molecule has 1 aliphatic heterocycles. The molecule has 0 amide bonds.